The maximum Gasteiger partial charge on any atom is 0.254 e. The van der Waals surface area contributed by atoms with Crippen molar-refractivity contribution in [3.63, 3.8) is 0 Å². The molecule has 1 amide bonds. The molecule has 0 atom stereocenters. The van der Waals surface area contributed by atoms with Gasteiger partial charge in [-0.2, -0.15) is 0 Å². The van der Waals surface area contributed by atoms with Gasteiger partial charge in [-0.05, 0) is 37.7 Å². The summed E-state index contributed by atoms with van der Waals surface area (Å²) in [7, 11) is 1.39. The Morgan fingerprint density at radius 1 is 1.33 bits per heavy atom. The Labute approximate surface area is 124 Å². The summed E-state index contributed by atoms with van der Waals surface area (Å²) in [5.74, 6) is -0.435. The fourth-order valence-electron chi connectivity index (χ4n) is 2.46. The summed E-state index contributed by atoms with van der Waals surface area (Å²) in [4.78, 5) is 16.5. The van der Waals surface area contributed by atoms with Crippen molar-refractivity contribution in [1.82, 2.24) is 9.80 Å². The Kier molecular flexibility index (Phi) is 5.52. The number of methoxy groups -OCH3 is 1. The highest BCUT2D eigenvalue weighted by Crippen LogP contribution is 2.19. The molecule has 0 saturated carbocycles. The highest BCUT2D eigenvalue weighted by Gasteiger charge is 2.22. The predicted octanol–water partition coefficient (Wildman–Crippen LogP) is 0.941. The van der Waals surface area contributed by atoms with E-state index >= 15 is 0 Å². The second-order valence-corrected chi connectivity index (χ2v) is 5.13. The van der Waals surface area contributed by atoms with Crippen molar-refractivity contribution >= 4 is 5.91 Å². The number of rotatable bonds is 5. The van der Waals surface area contributed by atoms with Gasteiger partial charge in [0.1, 0.15) is 0 Å². The molecular formula is C15H22FN3O2. The number of hydrogen-bond donors (Lipinski definition) is 1. The smallest absolute Gasteiger partial charge is 0.254 e. The van der Waals surface area contributed by atoms with Crippen molar-refractivity contribution < 1.29 is 13.9 Å². The summed E-state index contributed by atoms with van der Waals surface area (Å²) < 4.78 is 18.3. The zero-order chi connectivity index (χ0) is 15.2. The molecular weight excluding hydrogens is 273 g/mol. The average Bonchev–Trinajstić information content (AvgIpc) is 2.53. The quantitative estimate of drug-likeness (QED) is 0.878. The zero-order valence-corrected chi connectivity index (χ0v) is 12.3. The van der Waals surface area contributed by atoms with Crippen LogP contribution in [-0.4, -0.2) is 62.1 Å². The lowest BCUT2D eigenvalue weighted by molar-refractivity contribution is 0.0636. The van der Waals surface area contributed by atoms with E-state index in [2.05, 4.69) is 4.90 Å². The first-order valence-corrected chi connectivity index (χ1v) is 7.21. The van der Waals surface area contributed by atoms with Crippen LogP contribution in [0.5, 0.6) is 5.75 Å². The molecule has 0 aliphatic carbocycles. The number of amides is 1. The fraction of sp³-hybridized carbons (Fsp3) is 0.533. The number of carbonyl (C=O) groups excluding carboxylic acids is 1. The van der Waals surface area contributed by atoms with Crippen molar-refractivity contribution in [2.75, 3.05) is 46.4 Å². The Bertz CT molecular complexity index is 488. The van der Waals surface area contributed by atoms with Crippen molar-refractivity contribution in [3.05, 3.63) is 29.6 Å². The molecule has 0 radical (unpaired) electrons. The molecule has 1 aromatic rings. The number of nitrogens with zero attached hydrogens (tertiary/aromatic N) is 2. The van der Waals surface area contributed by atoms with Gasteiger partial charge >= 0.3 is 0 Å². The average molecular weight is 295 g/mol. The second-order valence-electron chi connectivity index (χ2n) is 5.13. The van der Waals surface area contributed by atoms with Gasteiger partial charge in [0.15, 0.2) is 11.6 Å². The maximum absolute atomic E-state index is 13.4. The normalized spacial score (nSPS) is 16.0. The number of benzene rings is 1. The lowest BCUT2D eigenvalue weighted by Crippen LogP contribution is -2.49. The van der Waals surface area contributed by atoms with Gasteiger partial charge in [0.25, 0.3) is 5.91 Å². The molecule has 2 N–H and O–H groups in total. The summed E-state index contributed by atoms with van der Waals surface area (Å²) in [6.45, 7) is 4.73. The van der Waals surface area contributed by atoms with Crippen molar-refractivity contribution in [3.8, 4) is 5.75 Å². The highest BCUT2D eigenvalue weighted by molar-refractivity contribution is 5.94. The van der Waals surface area contributed by atoms with Crippen molar-refractivity contribution in [1.29, 1.82) is 0 Å². The molecule has 6 heteroatoms. The van der Waals surface area contributed by atoms with E-state index < -0.39 is 5.82 Å². The third-order valence-corrected chi connectivity index (χ3v) is 3.74. The maximum atomic E-state index is 13.4. The summed E-state index contributed by atoms with van der Waals surface area (Å²) in [5, 5.41) is 0. The summed E-state index contributed by atoms with van der Waals surface area (Å²) in [6, 6.07) is 4.23. The van der Waals surface area contributed by atoms with E-state index in [1.54, 1.807) is 4.90 Å². The van der Waals surface area contributed by atoms with Crippen LogP contribution in [0.3, 0.4) is 0 Å². The fourth-order valence-corrected chi connectivity index (χ4v) is 2.46. The third-order valence-electron chi connectivity index (χ3n) is 3.74. The first kappa shape index (κ1) is 15.7. The van der Waals surface area contributed by atoms with Crippen LogP contribution >= 0.6 is 0 Å². The number of piperazine rings is 1. The van der Waals surface area contributed by atoms with Gasteiger partial charge in [0, 0.05) is 31.7 Å². The van der Waals surface area contributed by atoms with Gasteiger partial charge in [-0.3, -0.25) is 9.69 Å². The van der Waals surface area contributed by atoms with Crippen LogP contribution < -0.4 is 10.5 Å². The van der Waals surface area contributed by atoms with E-state index in [0.29, 0.717) is 25.2 Å². The lowest BCUT2D eigenvalue weighted by atomic mass is 10.1. The molecule has 5 nitrogen and oxygen atoms in total. The van der Waals surface area contributed by atoms with Crippen LogP contribution in [-0.2, 0) is 0 Å². The minimum atomic E-state index is -0.458. The largest absolute Gasteiger partial charge is 0.494 e. The second kappa shape index (κ2) is 7.38. The van der Waals surface area contributed by atoms with Crippen LogP contribution in [0.15, 0.2) is 18.2 Å². The molecule has 0 bridgehead atoms. The molecule has 1 aromatic carbocycles. The number of carbonyl (C=O) groups is 1. The standard InChI is InChI=1S/C15H22FN3O2/c1-21-14-11-12(3-4-13(14)16)15(20)19-9-7-18(8-10-19)6-2-5-17/h3-4,11H,2,5-10,17H2,1H3. The number of hydrogen-bond acceptors (Lipinski definition) is 4. The van der Waals surface area contributed by atoms with E-state index in [9.17, 15) is 9.18 Å². The van der Waals surface area contributed by atoms with Gasteiger partial charge in [-0.15, -0.1) is 0 Å². The van der Waals surface area contributed by atoms with Gasteiger partial charge in [0.05, 0.1) is 7.11 Å². The topological polar surface area (TPSA) is 58.8 Å². The zero-order valence-electron chi connectivity index (χ0n) is 12.3. The van der Waals surface area contributed by atoms with Crippen LogP contribution in [0.2, 0.25) is 0 Å². The molecule has 1 saturated heterocycles. The van der Waals surface area contributed by atoms with Gasteiger partial charge in [-0.1, -0.05) is 0 Å². The van der Waals surface area contributed by atoms with Crippen molar-refractivity contribution in [2.45, 2.75) is 6.42 Å². The molecule has 2 rings (SSSR count). The van der Waals surface area contributed by atoms with Gasteiger partial charge in [-0.25, -0.2) is 4.39 Å². The molecule has 0 unspecified atom stereocenters. The number of nitrogens with two attached hydrogens (primary N) is 1. The van der Waals surface area contributed by atoms with E-state index in [-0.39, 0.29) is 11.7 Å². The molecule has 21 heavy (non-hydrogen) atoms. The van der Waals surface area contributed by atoms with Crippen LogP contribution in [0, 0.1) is 5.82 Å². The molecule has 1 fully saturated rings. The minimum Gasteiger partial charge on any atom is -0.494 e. The molecule has 1 heterocycles. The predicted molar refractivity (Wildman–Crippen MR) is 79.0 cm³/mol. The van der Waals surface area contributed by atoms with Crippen molar-refractivity contribution in [2.24, 2.45) is 5.73 Å². The van der Waals surface area contributed by atoms with E-state index in [4.69, 9.17) is 10.5 Å². The summed E-state index contributed by atoms with van der Waals surface area (Å²) in [5.41, 5.74) is 5.96. The molecule has 0 spiro atoms. The summed E-state index contributed by atoms with van der Waals surface area (Å²) in [6.07, 6.45) is 0.975. The monoisotopic (exact) mass is 295 g/mol. The van der Waals surface area contributed by atoms with E-state index in [1.807, 2.05) is 0 Å². The van der Waals surface area contributed by atoms with Crippen LogP contribution in [0.4, 0.5) is 4.39 Å². The molecule has 0 aromatic heterocycles. The Morgan fingerprint density at radius 3 is 2.67 bits per heavy atom. The third kappa shape index (κ3) is 3.92. The minimum absolute atomic E-state index is 0.0771. The van der Waals surface area contributed by atoms with E-state index in [1.165, 1.54) is 25.3 Å². The van der Waals surface area contributed by atoms with Crippen LogP contribution in [0.1, 0.15) is 16.8 Å². The van der Waals surface area contributed by atoms with E-state index in [0.717, 1.165) is 26.1 Å². The molecule has 116 valence electrons. The van der Waals surface area contributed by atoms with Gasteiger partial charge in [0.2, 0.25) is 0 Å². The molecule has 1 aliphatic rings. The number of ether oxygens (including phenoxy) is 1. The Balaban J connectivity index is 1.95. The number of halogens is 1. The first-order valence-electron chi connectivity index (χ1n) is 7.21. The molecule has 1 aliphatic heterocycles. The Hall–Kier alpha value is -1.66. The first-order chi connectivity index (χ1) is 10.2. The Morgan fingerprint density at radius 2 is 2.05 bits per heavy atom. The van der Waals surface area contributed by atoms with Crippen LogP contribution in [0.25, 0.3) is 0 Å². The van der Waals surface area contributed by atoms with Gasteiger partial charge < -0.3 is 15.4 Å². The SMILES string of the molecule is COc1cc(C(=O)N2CCN(CCCN)CC2)ccc1F. The highest BCUT2D eigenvalue weighted by atomic mass is 19.1. The lowest BCUT2D eigenvalue weighted by Gasteiger charge is -2.34. The summed E-state index contributed by atoms with van der Waals surface area (Å²) >= 11 is 0.